The highest BCUT2D eigenvalue weighted by atomic mass is 32.1. The van der Waals surface area contributed by atoms with Crippen LogP contribution in [0.1, 0.15) is 37.2 Å². The molecule has 1 atom stereocenters. The van der Waals surface area contributed by atoms with Crippen LogP contribution >= 0.6 is 22.7 Å². The van der Waals surface area contributed by atoms with Gasteiger partial charge in [0, 0.05) is 25.2 Å². The molecule has 5 rings (SSSR count). The maximum Gasteiger partial charge on any atom is 0.274 e. The van der Waals surface area contributed by atoms with Crippen molar-refractivity contribution in [3.8, 4) is 10.4 Å². The fourth-order valence-corrected chi connectivity index (χ4v) is 6.06. The van der Waals surface area contributed by atoms with Crippen LogP contribution in [0.3, 0.4) is 0 Å². The lowest BCUT2D eigenvalue weighted by molar-refractivity contribution is 0.0713. The van der Waals surface area contributed by atoms with Crippen molar-refractivity contribution in [2.24, 2.45) is 0 Å². The van der Waals surface area contributed by atoms with Gasteiger partial charge in [-0.25, -0.2) is 9.97 Å². The molecule has 0 saturated carbocycles. The Morgan fingerprint density at radius 1 is 1.03 bits per heavy atom. The SMILES string of the molecule is Cc1nc(C(=O)N(C)[C@@H](CNC(=O)c2c(C)nc3sccn23)Cc2ccccc2)c(-c2ccccc2)s1. The highest BCUT2D eigenvalue weighted by Gasteiger charge is 2.28. The van der Waals surface area contributed by atoms with Gasteiger partial charge in [0.1, 0.15) is 11.4 Å². The molecule has 0 saturated heterocycles. The maximum atomic E-state index is 13.8. The average Bonchev–Trinajstić information content (AvgIpc) is 3.60. The van der Waals surface area contributed by atoms with Gasteiger partial charge in [0.15, 0.2) is 4.96 Å². The molecule has 0 fully saturated rings. The summed E-state index contributed by atoms with van der Waals surface area (Å²) in [6, 6.07) is 19.6. The monoisotopic (exact) mass is 529 g/mol. The van der Waals surface area contributed by atoms with Crippen molar-refractivity contribution in [3.05, 3.63) is 99.9 Å². The molecule has 5 aromatic rings. The van der Waals surface area contributed by atoms with E-state index in [-0.39, 0.29) is 24.4 Å². The van der Waals surface area contributed by atoms with Crippen molar-refractivity contribution in [1.82, 2.24) is 24.6 Å². The smallest absolute Gasteiger partial charge is 0.274 e. The Kier molecular flexibility index (Phi) is 7.16. The summed E-state index contributed by atoms with van der Waals surface area (Å²) in [7, 11) is 1.78. The van der Waals surface area contributed by atoms with Crippen LogP contribution in [0.25, 0.3) is 15.4 Å². The van der Waals surface area contributed by atoms with Gasteiger partial charge in [-0.1, -0.05) is 60.7 Å². The Morgan fingerprint density at radius 3 is 2.46 bits per heavy atom. The number of aryl methyl sites for hydroxylation is 2. The molecule has 0 unspecified atom stereocenters. The molecule has 0 spiro atoms. The number of hydrogen-bond acceptors (Lipinski definition) is 6. The molecule has 37 heavy (non-hydrogen) atoms. The first-order valence-corrected chi connectivity index (χ1v) is 13.7. The number of carbonyl (C=O) groups is 2. The molecule has 0 aliphatic heterocycles. The molecule has 0 aliphatic carbocycles. The lowest BCUT2D eigenvalue weighted by atomic mass is 10.0. The first kappa shape index (κ1) is 24.9. The summed E-state index contributed by atoms with van der Waals surface area (Å²) < 4.78 is 1.81. The van der Waals surface area contributed by atoms with Crippen molar-refractivity contribution in [2.75, 3.05) is 13.6 Å². The molecule has 2 aromatic carbocycles. The zero-order chi connectivity index (χ0) is 25.9. The van der Waals surface area contributed by atoms with E-state index in [1.165, 1.54) is 22.7 Å². The topological polar surface area (TPSA) is 79.6 Å². The van der Waals surface area contributed by atoms with E-state index in [1.54, 1.807) is 16.3 Å². The largest absolute Gasteiger partial charge is 0.349 e. The number of hydrogen-bond donors (Lipinski definition) is 1. The van der Waals surface area contributed by atoms with Crippen LogP contribution < -0.4 is 5.32 Å². The number of nitrogens with zero attached hydrogens (tertiary/aromatic N) is 4. The molecule has 1 N–H and O–H groups in total. The predicted octanol–water partition coefficient (Wildman–Crippen LogP) is 5.25. The lowest BCUT2D eigenvalue weighted by Gasteiger charge is -2.28. The molecule has 2 amide bonds. The van der Waals surface area contributed by atoms with Gasteiger partial charge in [-0.3, -0.25) is 14.0 Å². The number of thiazole rings is 2. The van der Waals surface area contributed by atoms with E-state index in [4.69, 9.17) is 0 Å². The third kappa shape index (κ3) is 5.19. The quantitative estimate of drug-likeness (QED) is 0.298. The van der Waals surface area contributed by atoms with Gasteiger partial charge in [-0.15, -0.1) is 22.7 Å². The summed E-state index contributed by atoms with van der Waals surface area (Å²) in [5.74, 6) is -0.379. The third-order valence-corrected chi connectivity index (χ3v) is 8.08. The minimum Gasteiger partial charge on any atom is -0.349 e. The van der Waals surface area contributed by atoms with Crippen molar-refractivity contribution in [3.63, 3.8) is 0 Å². The number of imidazole rings is 1. The Labute approximate surface area is 223 Å². The molecule has 0 bridgehead atoms. The first-order chi connectivity index (χ1) is 17.9. The van der Waals surface area contributed by atoms with E-state index in [9.17, 15) is 9.59 Å². The van der Waals surface area contributed by atoms with Crippen molar-refractivity contribution in [2.45, 2.75) is 26.3 Å². The number of fused-ring (bicyclic) bond motifs is 1. The summed E-state index contributed by atoms with van der Waals surface area (Å²) in [5.41, 5.74) is 3.69. The highest BCUT2D eigenvalue weighted by Crippen LogP contribution is 2.31. The Hall–Kier alpha value is -3.82. The predicted molar refractivity (Wildman–Crippen MR) is 148 cm³/mol. The van der Waals surface area contributed by atoms with Gasteiger partial charge in [0.2, 0.25) is 0 Å². The van der Waals surface area contributed by atoms with Crippen LogP contribution in [0.4, 0.5) is 0 Å². The molecule has 3 heterocycles. The van der Waals surface area contributed by atoms with Crippen LogP contribution in [0, 0.1) is 13.8 Å². The Balaban J connectivity index is 1.41. The molecule has 7 nitrogen and oxygen atoms in total. The van der Waals surface area contributed by atoms with Crippen LogP contribution in [0.5, 0.6) is 0 Å². The van der Waals surface area contributed by atoms with Crippen molar-refractivity contribution < 1.29 is 9.59 Å². The fraction of sp³-hybridized carbons (Fsp3) is 0.214. The number of likely N-dealkylation sites (N-methyl/N-ethyl adjacent to an activating group) is 1. The summed E-state index contributed by atoms with van der Waals surface area (Å²) in [6.07, 6.45) is 2.44. The molecular weight excluding hydrogens is 502 g/mol. The zero-order valence-electron chi connectivity index (χ0n) is 20.8. The number of nitrogens with one attached hydrogen (secondary N) is 1. The van der Waals surface area contributed by atoms with E-state index in [1.807, 2.05) is 86.1 Å². The van der Waals surface area contributed by atoms with E-state index < -0.39 is 0 Å². The molecule has 188 valence electrons. The maximum absolute atomic E-state index is 13.8. The van der Waals surface area contributed by atoms with Crippen molar-refractivity contribution in [1.29, 1.82) is 0 Å². The Morgan fingerprint density at radius 2 is 1.73 bits per heavy atom. The third-order valence-electron chi connectivity index (χ3n) is 6.30. The van der Waals surface area contributed by atoms with Gasteiger partial charge >= 0.3 is 0 Å². The second-order valence-electron chi connectivity index (χ2n) is 8.85. The standard InChI is InChI=1S/C28H27N5O2S2/c1-18-24(33-14-15-36-28(33)30-18)26(34)29-17-22(16-20-10-6-4-7-11-20)32(3)27(35)23-25(37-19(2)31-23)21-12-8-5-9-13-21/h4-15,22H,16-17H2,1-3H3,(H,29,34)/t22-/m1/s1. The summed E-state index contributed by atoms with van der Waals surface area (Å²) in [6.45, 7) is 4.03. The van der Waals surface area contributed by atoms with Gasteiger partial charge in [0.05, 0.1) is 21.6 Å². The highest BCUT2D eigenvalue weighted by molar-refractivity contribution is 7.15. The summed E-state index contributed by atoms with van der Waals surface area (Å²) >= 11 is 3.00. The number of carbonyl (C=O) groups excluding carboxylic acids is 2. The Bertz CT molecular complexity index is 1540. The number of rotatable bonds is 8. The minimum absolute atomic E-state index is 0.167. The second-order valence-corrected chi connectivity index (χ2v) is 10.9. The van der Waals surface area contributed by atoms with Gasteiger partial charge in [-0.05, 0) is 31.4 Å². The zero-order valence-corrected chi connectivity index (χ0v) is 22.5. The number of aromatic nitrogens is 3. The summed E-state index contributed by atoms with van der Waals surface area (Å²) in [5, 5.41) is 5.80. The van der Waals surface area contributed by atoms with Crippen LogP contribution in [-0.2, 0) is 6.42 Å². The van der Waals surface area contributed by atoms with Crippen LogP contribution in [-0.4, -0.2) is 50.7 Å². The fourth-order valence-electron chi connectivity index (χ4n) is 4.38. The summed E-state index contributed by atoms with van der Waals surface area (Å²) in [4.78, 5) is 39.4. The van der Waals surface area contributed by atoms with Crippen LogP contribution in [0.15, 0.2) is 72.2 Å². The molecule has 0 radical (unpaired) electrons. The van der Waals surface area contributed by atoms with E-state index in [0.29, 0.717) is 23.5 Å². The average molecular weight is 530 g/mol. The number of amides is 2. The van der Waals surface area contributed by atoms with Crippen molar-refractivity contribution >= 4 is 39.4 Å². The molecule has 3 aromatic heterocycles. The first-order valence-electron chi connectivity index (χ1n) is 12.0. The second kappa shape index (κ2) is 10.7. The molecule has 0 aliphatic rings. The lowest BCUT2D eigenvalue weighted by Crippen LogP contribution is -2.46. The van der Waals surface area contributed by atoms with E-state index in [2.05, 4.69) is 15.3 Å². The van der Waals surface area contributed by atoms with Gasteiger partial charge in [0.25, 0.3) is 11.8 Å². The van der Waals surface area contributed by atoms with E-state index >= 15 is 0 Å². The normalized spacial score (nSPS) is 12.0. The van der Waals surface area contributed by atoms with Gasteiger partial charge in [-0.2, -0.15) is 0 Å². The molecular formula is C28H27N5O2S2. The number of benzene rings is 2. The minimum atomic E-state index is -0.282. The van der Waals surface area contributed by atoms with Gasteiger partial charge < -0.3 is 10.2 Å². The molecule has 9 heteroatoms. The van der Waals surface area contributed by atoms with Crippen LogP contribution in [0.2, 0.25) is 0 Å². The van der Waals surface area contributed by atoms with E-state index in [0.717, 1.165) is 26.0 Å².